The zero-order chi connectivity index (χ0) is 15.1. The fourth-order valence-corrected chi connectivity index (χ4v) is 3.95. The van der Waals surface area contributed by atoms with Gasteiger partial charge in [0.1, 0.15) is 15.7 Å². The van der Waals surface area contributed by atoms with Crippen molar-refractivity contribution >= 4 is 43.9 Å². The molecule has 21 heavy (non-hydrogen) atoms. The van der Waals surface area contributed by atoms with Crippen molar-refractivity contribution in [1.29, 1.82) is 0 Å². The van der Waals surface area contributed by atoms with Crippen LogP contribution in [0.3, 0.4) is 0 Å². The lowest BCUT2D eigenvalue weighted by atomic mass is 10.1. The molecule has 3 heterocycles. The van der Waals surface area contributed by atoms with Gasteiger partial charge in [0.05, 0.1) is 4.88 Å². The molecule has 0 bridgehead atoms. The Balaban J connectivity index is 2.02. The minimum Gasteiger partial charge on any atom is -0.296 e. The maximum Gasteiger partial charge on any atom is 0.267 e. The molecule has 6 nitrogen and oxygen atoms in total. The second-order valence-corrected chi connectivity index (χ2v) is 6.85. The number of thiophene rings is 1. The number of aromatic nitrogens is 4. The highest BCUT2D eigenvalue weighted by atomic mass is 32.1. The second-order valence-electron chi connectivity index (χ2n) is 4.67. The molecule has 0 spiro atoms. The van der Waals surface area contributed by atoms with Crippen molar-refractivity contribution in [3.05, 3.63) is 27.0 Å². The highest BCUT2D eigenvalue weighted by Crippen LogP contribution is 2.31. The predicted molar refractivity (Wildman–Crippen MR) is 84.2 cm³/mol. The third kappa shape index (κ3) is 2.52. The topological polar surface area (TPSA) is 80.7 Å². The number of rotatable bonds is 2. The zero-order valence-electron chi connectivity index (χ0n) is 12.0. The number of hydrogen-bond acceptors (Lipinski definition) is 7. The molecule has 1 N–H and O–H groups in total. The Bertz CT molecular complexity index is 852. The van der Waals surface area contributed by atoms with Crippen molar-refractivity contribution in [2.45, 2.75) is 27.7 Å². The van der Waals surface area contributed by atoms with Gasteiger partial charge in [-0.1, -0.05) is 11.3 Å². The molecule has 3 aromatic rings. The van der Waals surface area contributed by atoms with E-state index in [4.69, 9.17) is 0 Å². The SMILES string of the molecule is Cc1nc(C)c2c(C)c(C(=O)Nc3nnc(C)s3)sc2n1. The van der Waals surface area contributed by atoms with E-state index in [1.807, 2.05) is 27.7 Å². The van der Waals surface area contributed by atoms with Gasteiger partial charge in [-0.15, -0.1) is 21.5 Å². The minimum atomic E-state index is -0.177. The molecule has 0 aromatic carbocycles. The molecule has 0 aliphatic carbocycles. The van der Waals surface area contributed by atoms with E-state index >= 15 is 0 Å². The average Bonchev–Trinajstić information content (AvgIpc) is 2.93. The van der Waals surface area contributed by atoms with Crippen LogP contribution in [0.5, 0.6) is 0 Å². The number of nitrogens with one attached hydrogen (secondary N) is 1. The van der Waals surface area contributed by atoms with Crippen molar-refractivity contribution in [3.63, 3.8) is 0 Å². The Morgan fingerprint density at radius 1 is 1.05 bits per heavy atom. The summed E-state index contributed by atoms with van der Waals surface area (Å²) in [5.41, 5.74) is 1.81. The Labute approximate surface area is 129 Å². The van der Waals surface area contributed by atoms with Crippen LogP contribution in [0.25, 0.3) is 10.2 Å². The fourth-order valence-electron chi connectivity index (χ4n) is 2.19. The largest absolute Gasteiger partial charge is 0.296 e. The van der Waals surface area contributed by atoms with E-state index in [9.17, 15) is 4.79 Å². The van der Waals surface area contributed by atoms with Crippen molar-refractivity contribution in [2.75, 3.05) is 5.32 Å². The molecule has 108 valence electrons. The summed E-state index contributed by atoms with van der Waals surface area (Å²) in [6.45, 7) is 7.56. The molecule has 3 aromatic heterocycles. The van der Waals surface area contributed by atoms with Crippen LogP contribution in [-0.2, 0) is 0 Å². The van der Waals surface area contributed by atoms with E-state index in [0.29, 0.717) is 15.8 Å². The lowest BCUT2D eigenvalue weighted by molar-refractivity contribution is 0.103. The lowest BCUT2D eigenvalue weighted by Crippen LogP contribution is -2.11. The summed E-state index contributed by atoms with van der Waals surface area (Å²) in [7, 11) is 0. The zero-order valence-corrected chi connectivity index (χ0v) is 13.6. The normalized spacial score (nSPS) is 11.0. The van der Waals surface area contributed by atoms with Gasteiger partial charge in [0.2, 0.25) is 5.13 Å². The van der Waals surface area contributed by atoms with E-state index in [-0.39, 0.29) is 5.91 Å². The standard InChI is InChI=1S/C13H13N5OS2/c1-5-9-6(2)14-7(3)15-12(9)21-10(5)11(19)16-13-18-17-8(4)20-13/h1-4H3,(H,16,18,19). The fraction of sp³-hybridized carbons (Fsp3) is 0.308. The van der Waals surface area contributed by atoms with Gasteiger partial charge in [0.25, 0.3) is 5.91 Å². The smallest absolute Gasteiger partial charge is 0.267 e. The highest BCUT2D eigenvalue weighted by molar-refractivity contribution is 7.21. The second kappa shape index (κ2) is 5.12. The number of nitrogens with zero attached hydrogens (tertiary/aromatic N) is 4. The van der Waals surface area contributed by atoms with Gasteiger partial charge >= 0.3 is 0 Å². The van der Waals surface area contributed by atoms with Gasteiger partial charge in [-0.2, -0.15) is 0 Å². The number of amides is 1. The summed E-state index contributed by atoms with van der Waals surface area (Å²) < 4.78 is 0. The Morgan fingerprint density at radius 2 is 1.81 bits per heavy atom. The summed E-state index contributed by atoms with van der Waals surface area (Å²) in [5, 5.41) is 12.9. The van der Waals surface area contributed by atoms with Gasteiger partial charge in [0, 0.05) is 11.1 Å². The molecule has 0 fully saturated rings. The van der Waals surface area contributed by atoms with E-state index in [0.717, 1.165) is 26.5 Å². The monoisotopic (exact) mass is 319 g/mol. The van der Waals surface area contributed by atoms with E-state index in [2.05, 4.69) is 25.5 Å². The van der Waals surface area contributed by atoms with Crippen LogP contribution in [-0.4, -0.2) is 26.1 Å². The minimum absolute atomic E-state index is 0.177. The molecule has 1 amide bonds. The highest BCUT2D eigenvalue weighted by Gasteiger charge is 2.19. The summed E-state index contributed by atoms with van der Waals surface area (Å²) in [6, 6.07) is 0. The third-order valence-electron chi connectivity index (χ3n) is 3.04. The Kier molecular flexibility index (Phi) is 3.42. The van der Waals surface area contributed by atoms with Crippen LogP contribution in [0, 0.1) is 27.7 Å². The van der Waals surface area contributed by atoms with Gasteiger partial charge < -0.3 is 0 Å². The lowest BCUT2D eigenvalue weighted by Gasteiger charge is -2.00. The third-order valence-corrected chi connectivity index (χ3v) is 4.97. The van der Waals surface area contributed by atoms with Crippen LogP contribution in [0.15, 0.2) is 0 Å². The van der Waals surface area contributed by atoms with Crippen molar-refractivity contribution in [2.24, 2.45) is 0 Å². The summed E-state index contributed by atoms with van der Waals surface area (Å²) >= 11 is 2.73. The first kappa shape index (κ1) is 14.0. The van der Waals surface area contributed by atoms with Crippen LogP contribution in [0.4, 0.5) is 5.13 Å². The average molecular weight is 319 g/mol. The van der Waals surface area contributed by atoms with Gasteiger partial charge in [0.15, 0.2) is 0 Å². The molecular formula is C13H13N5OS2. The van der Waals surface area contributed by atoms with Crippen LogP contribution in [0.2, 0.25) is 0 Å². The molecule has 0 unspecified atom stereocenters. The molecule has 0 aliphatic heterocycles. The maximum atomic E-state index is 12.4. The molecule has 0 saturated carbocycles. The van der Waals surface area contributed by atoms with E-state index in [1.165, 1.54) is 22.7 Å². The molecular weight excluding hydrogens is 306 g/mol. The predicted octanol–water partition coefficient (Wildman–Crippen LogP) is 3.03. The van der Waals surface area contributed by atoms with Gasteiger partial charge in [-0.05, 0) is 33.3 Å². The Morgan fingerprint density at radius 3 is 2.48 bits per heavy atom. The molecule has 3 rings (SSSR count). The number of hydrogen-bond donors (Lipinski definition) is 1. The molecule has 0 atom stereocenters. The summed E-state index contributed by atoms with van der Waals surface area (Å²) in [5.74, 6) is 0.539. The number of carbonyl (C=O) groups is 1. The Hall–Kier alpha value is -1.93. The van der Waals surface area contributed by atoms with Crippen molar-refractivity contribution in [1.82, 2.24) is 20.2 Å². The van der Waals surface area contributed by atoms with Crippen molar-refractivity contribution < 1.29 is 4.79 Å². The van der Waals surface area contributed by atoms with E-state index < -0.39 is 0 Å². The van der Waals surface area contributed by atoms with Crippen molar-refractivity contribution in [3.8, 4) is 0 Å². The quantitative estimate of drug-likeness (QED) is 0.785. The summed E-state index contributed by atoms with van der Waals surface area (Å²) in [4.78, 5) is 22.7. The van der Waals surface area contributed by atoms with Gasteiger partial charge in [-0.25, -0.2) is 9.97 Å². The first-order chi connectivity index (χ1) is 9.95. The van der Waals surface area contributed by atoms with Crippen LogP contribution >= 0.6 is 22.7 Å². The number of carbonyl (C=O) groups excluding carboxylic acids is 1. The van der Waals surface area contributed by atoms with E-state index in [1.54, 1.807) is 0 Å². The first-order valence-corrected chi connectivity index (χ1v) is 7.95. The molecule has 0 radical (unpaired) electrons. The maximum absolute atomic E-state index is 12.4. The number of fused-ring (bicyclic) bond motifs is 1. The van der Waals surface area contributed by atoms with Crippen LogP contribution < -0.4 is 5.32 Å². The number of aryl methyl sites for hydroxylation is 4. The van der Waals surface area contributed by atoms with Gasteiger partial charge in [-0.3, -0.25) is 10.1 Å². The summed E-state index contributed by atoms with van der Waals surface area (Å²) in [6.07, 6.45) is 0. The van der Waals surface area contributed by atoms with Crippen LogP contribution in [0.1, 0.15) is 31.8 Å². The molecule has 0 aliphatic rings. The molecule has 0 saturated heterocycles. The molecule has 8 heteroatoms. The number of anilines is 1. The first-order valence-electron chi connectivity index (χ1n) is 6.31.